The molecular weight excluding hydrogens is 817 g/mol. The van der Waals surface area contributed by atoms with E-state index in [1.54, 1.807) is 12.3 Å². The third-order valence-corrected chi connectivity index (χ3v) is 9.23. The van der Waals surface area contributed by atoms with Gasteiger partial charge in [0.15, 0.2) is 0 Å². The smallest absolute Gasteiger partial charge is 0.128 e. The average Bonchev–Trinajstić information content (AvgIpc) is 3.60. The van der Waals surface area contributed by atoms with Gasteiger partial charge >= 0.3 is 0 Å². The molecule has 5 heteroatoms. The second kappa shape index (κ2) is 15.5. The number of rotatable bonds is 6. The molecule has 0 N–H and O–H groups in total. The number of hydrogen-bond acceptors (Lipinski definition) is 3. The van der Waals surface area contributed by atoms with E-state index in [2.05, 4.69) is 58.5 Å². The number of para-hydroxylation sites is 1. The number of furan rings is 1. The van der Waals surface area contributed by atoms with Crippen LogP contribution in [-0.4, -0.2) is 18.0 Å². The van der Waals surface area contributed by atoms with Gasteiger partial charge in [0.25, 0.3) is 0 Å². The van der Waals surface area contributed by atoms with Gasteiger partial charge in [-0.25, -0.2) is 0 Å². The molecule has 5 aromatic carbocycles. The van der Waals surface area contributed by atoms with Crippen LogP contribution in [0.1, 0.15) is 27.7 Å². The predicted octanol–water partition coefficient (Wildman–Crippen LogP) is 12.4. The second-order valence-corrected chi connectivity index (χ2v) is 17.8. The fraction of sp³-hybridized carbons (Fsp3) is 0.130. The molecule has 0 aliphatic rings. The maximum absolute atomic E-state index is 8.27. The van der Waals surface area contributed by atoms with Gasteiger partial charge in [-0.3, -0.25) is 0 Å². The first-order chi connectivity index (χ1) is 27.4. The van der Waals surface area contributed by atoms with E-state index in [4.69, 9.17) is 15.4 Å². The zero-order valence-electron chi connectivity index (χ0n) is 36.4. The van der Waals surface area contributed by atoms with Crippen molar-refractivity contribution in [3.05, 3.63) is 169 Å². The van der Waals surface area contributed by atoms with Crippen LogP contribution in [0.3, 0.4) is 0 Å². The molecule has 1 radical (unpaired) electrons. The number of fused-ring (bicyclic) bond motifs is 3. The third kappa shape index (κ3) is 8.18. The molecular formula is C46H40IrN2OSi-2. The molecule has 255 valence electrons. The molecule has 0 aliphatic carbocycles. The van der Waals surface area contributed by atoms with Crippen LogP contribution < -0.4 is 0 Å². The minimum Gasteiger partial charge on any atom is -0.500 e. The van der Waals surface area contributed by atoms with Gasteiger partial charge in [0.05, 0.1) is 5.58 Å². The Hall–Kier alpha value is -4.93. The summed E-state index contributed by atoms with van der Waals surface area (Å²) in [6, 6.07) is 47.0. The number of benzene rings is 5. The Balaban J connectivity index is 0.000000247. The molecule has 0 saturated carbocycles. The molecule has 0 saturated heterocycles. The summed E-state index contributed by atoms with van der Waals surface area (Å²) in [4.78, 5) is 8.71. The predicted molar refractivity (Wildman–Crippen MR) is 212 cm³/mol. The van der Waals surface area contributed by atoms with Gasteiger partial charge < -0.3 is 14.4 Å². The standard InChI is InChI=1S/C31H22NO.C15H18NSi.Ir/c1-20-18-29(32-19-21(20)2)28-13-7-12-27-26-11-6-10-25(30(26)33-31(27)28)24-16-14-23(15-17-24)22-8-4-3-5-9-22;1-17(2,3)12-13-9-10-15(16-11-13)14-7-5-4-6-8-14;/h3-12,14-19H,1-2H3;4-7,9-11H,12H2,1-3H3;/q2*-1;/i1D3,2D3;12D2;. The SMILES string of the molecule is [2H]C([2H])([2H])c1cnc(-c2[c-]ccc3c2oc2c(-c4ccc(-c5ccccc5)cc4)cccc23)cc1C([2H])([2H])[2H].[2H]C([2H])(c1ccc(-c2[c-]cccc2)nc1)[Si](C)(C)C.[Ir]. The molecule has 0 unspecified atom stereocenters. The van der Waals surface area contributed by atoms with E-state index < -0.39 is 27.8 Å². The van der Waals surface area contributed by atoms with Crippen molar-refractivity contribution >= 4 is 30.0 Å². The van der Waals surface area contributed by atoms with Gasteiger partial charge in [-0.05, 0) is 58.9 Å². The van der Waals surface area contributed by atoms with Crippen LogP contribution in [0.2, 0.25) is 19.6 Å². The molecule has 3 heterocycles. The van der Waals surface area contributed by atoms with Crippen molar-refractivity contribution in [2.45, 2.75) is 39.3 Å². The zero-order valence-corrected chi connectivity index (χ0v) is 31.8. The molecule has 0 aliphatic heterocycles. The maximum atomic E-state index is 8.27. The number of aryl methyl sites for hydroxylation is 2. The molecule has 0 spiro atoms. The summed E-state index contributed by atoms with van der Waals surface area (Å²) in [6.45, 7) is 0.876. The summed E-state index contributed by atoms with van der Waals surface area (Å²) in [6.07, 6.45) is 2.79. The Labute approximate surface area is 327 Å². The molecule has 0 atom stereocenters. The van der Waals surface area contributed by atoms with Gasteiger partial charge in [0, 0.05) is 62.5 Å². The Morgan fingerprint density at radius 1 is 0.647 bits per heavy atom. The van der Waals surface area contributed by atoms with Crippen LogP contribution in [0.25, 0.3) is 66.7 Å². The minimum atomic E-state index is -2.62. The third-order valence-electron chi connectivity index (χ3n) is 8.19. The molecule has 8 rings (SSSR count). The Morgan fingerprint density at radius 2 is 1.37 bits per heavy atom. The van der Waals surface area contributed by atoms with Crippen molar-refractivity contribution in [3.8, 4) is 44.8 Å². The fourth-order valence-electron chi connectivity index (χ4n) is 5.86. The summed E-state index contributed by atoms with van der Waals surface area (Å²) in [7, 11) is -1.94. The van der Waals surface area contributed by atoms with E-state index in [-0.39, 0.29) is 36.9 Å². The number of hydrogen-bond donors (Lipinski definition) is 0. The summed E-state index contributed by atoms with van der Waals surface area (Å²) >= 11 is 0. The quantitative estimate of drug-likeness (QED) is 0.123. The van der Waals surface area contributed by atoms with E-state index in [1.165, 1.54) is 6.07 Å². The van der Waals surface area contributed by atoms with Crippen LogP contribution in [0, 0.1) is 25.8 Å². The van der Waals surface area contributed by atoms with Crippen molar-refractivity contribution < 1.29 is 35.5 Å². The van der Waals surface area contributed by atoms with Crippen molar-refractivity contribution in [1.29, 1.82) is 0 Å². The Kier molecular flexibility index (Phi) is 8.17. The first kappa shape index (κ1) is 26.8. The molecule has 51 heavy (non-hydrogen) atoms. The summed E-state index contributed by atoms with van der Waals surface area (Å²) in [5.41, 5.74) is 8.01. The average molecular weight is 865 g/mol. The first-order valence-corrected chi connectivity index (χ1v) is 19.9. The summed E-state index contributed by atoms with van der Waals surface area (Å²) < 4.78 is 70.0. The normalized spacial score (nSPS) is 14.3. The van der Waals surface area contributed by atoms with Crippen molar-refractivity contribution in [2.75, 3.05) is 0 Å². The van der Waals surface area contributed by atoms with E-state index in [1.807, 2.05) is 98.5 Å². The molecule has 3 aromatic heterocycles. The molecule has 8 aromatic rings. The van der Waals surface area contributed by atoms with E-state index in [0.717, 1.165) is 50.5 Å². The zero-order chi connectivity index (χ0) is 41.5. The van der Waals surface area contributed by atoms with Crippen molar-refractivity contribution in [1.82, 2.24) is 9.97 Å². The van der Waals surface area contributed by atoms with Crippen molar-refractivity contribution in [3.63, 3.8) is 0 Å². The molecule has 0 bridgehead atoms. The largest absolute Gasteiger partial charge is 0.500 e. The van der Waals surface area contributed by atoms with Crippen LogP contribution in [0.5, 0.6) is 0 Å². The van der Waals surface area contributed by atoms with E-state index in [9.17, 15) is 0 Å². The molecule has 0 amide bonds. The van der Waals surface area contributed by atoms with Gasteiger partial charge in [-0.1, -0.05) is 127 Å². The maximum Gasteiger partial charge on any atom is 0.128 e. The second-order valence-electron chi connectivity index (χ2n) is 13.0. The van der Waals surface area contributed by atoms with Crippen molar-refractivity contribution in [2.24, 2.45) is 0 Å². The van der Waals surface area contributed by atoms with Gasteiger partial charge in [0.2, 0.25) is 0 Å². The van der Waals surface area contributed by atoms with Gasteiger partial charge in [-0.15, -0.1) is 54.1 Å². The minimum absolute atomic E-state index is 0. The topological polar surface area (TPSA) is 38.9 Å². The van der Waals surface area contributed by atoms with Crippen LogP contribution in [-0.2, 0) is 26.1 Å². The van der Waals surface area contributed by atoms with E-state index >= 15 is 0 Å². The Morgan fingerprint density at radius 3 is 2.08 bits per heavy atom. The summed E-state index contributed by atoms with van der Waals surface area (Å²) in [5, 5.41) is 1.73. The molecule has 0 fully saturated rings. The van der Waals surface area contributed by atoms with Crippen LogP contribution >= 0.6 is 0 Å². The fourth-order valence-corrected chi connectivity index (χ4v) is 6.87. The number of nitrogens with zero attached hydrogens (tertiary/aromatic N) is 2. The monoisotopic (exact) mass is 865 g/mol. The van der Waals surface area contributed by atoms with Gasteiger partial charge in [0.1, 0.15) is 5.58 Å². The molecule has 3 nitrogen and oxygen atoms in total. The first-order valence-electron chi connectivity index (χ1n) is 20.4. The summed E-state index contributed by atoms with van der Waals surface area (Å²) in [5.74, 6) is -1.26. The number of aromatic nitrogens is 2. The Bertz CT molecular complexity index is 2690. The van der Waals surface area contributed by atoms with Gasteiger partial charge in [-0.2, -0.15) is 0 Å². The number of pyridine rings is 2. The van der Waals surface area contributed by atoms with E-state index in [0.29, 0.717) is 22.3 Å². The van der Waals surface area contributed by atoms with Crippen LogP contribution in [0.4, 0.5) is 0 Å². The van der Waals surface area contributed by atoms with Crippen LogP contribution in [0.15, 0.2) is 144 Å².